The molecule has 9 heavy (non-hydrogen) atoms. The van der Waals surface area contributed by atoms with Gasteiger partial charge in [0.25, 0.3) is 0 Å². The molecule has 56 valence electrons. The van der Waals surface area contributed by atoms with Crippen LogP contribution in [-0.4, -0.2) is 26.3 Å². The molecule has 2 nitrogen and oxygen atoms in total. The van der Waals surface area contributed by atoms with E-state index < -0.39 is 0 Å². The van der Waals surface area contributed by atoms with Gasteiger partial charge in [-0.25, -0.2) is 0 Å². The van der Waals surface area contributed by atoms with Gasteiger partial charge in [-0.3, -0.25) is 0 Å². The summed E-state index contributed by atoms with van der Waals surface area (Å²) in [4.78, 5) is 0. The molecule has 0 aliphatic rings. The zero-order valence-electron chi connectivity index (χ0n) is 5.80. The van der Waals surface area contributed by atoms with Crippen LogP contribution in [0.25, 0.3) is 0 Å². The molecule has 0 spiro atoms. The van der Waals surface area contributed by atoms with E-state index in [1.165, 1.54) is 0 Å². The van der Waals surface area contributed by atoms with Crippen molar-refractivity contribution in [2.24, 2.45) is 0 Å². The number of hydrogen-bond donors (Lipinski definition) is 1. The lowest BCUT2D eigenvalue weighted by atomic mass is 10.3. The molecule has 3 heteroatoms. The highest BCUT2D eigenvalue weighted by atomic mass is 32.1. The van der Waals surface area contributed by atoms with E-state index in [-0.39, 0.29) is 0 Å². The molecule has 0 rings (SSSR count). The van der Waals surface area contributed by atoms with Crippen molar-refractivity contribution in [2.75, 3.05) is 26.3 Å². The van der Waals surface area contributed by atoms with Crippen molar-refractivity contribution in [3.05, 3.63) is 0 Å². The van der Waals surface area contributed by atoms with Gasteiger partial charge in [-0.2, -0.15) is 12.6 Å². The Morgan fingerprint density at radius 1 is 1.22 bits per heavy atom. The summed E-state index contributed by atoms with van der Waals surface area (Å²) >= 11 is 3.89. The van der Waals surface area contributed by atoms with Gasteiger partial charge in [-0.1, -0.05) is 0 Å². The minimum absolute atomic E-state index is 0.521. The van der Waals surface area contributed by atoms with Crippen LogP contribution in [0.3, 0.4) is 0 Å². The van der Waals surface area contributed by atoms with Gasteiger partial charge >= 0.3 is 0 Å². The summed E-state index contributed by atoms with van der Waals surface area (Å²) in [6.45, 7) is 1.63. The molecular formula is C6H14O2S. The molecule has 0 bridgehead atoms. The number of unbranched alkanes of at least 4 members (excludes halogenated alkanes) is 1. The first-order valence-electron chi connectivity index (χ1n) is 3.09. The second kappa shape index (κ2) is 8.27. The third kappa shape index (κ3) is 8.27. The molecule has 0 saturated heterocycles. The lowest BCUT2D eigenvalue weighted by Gasteiger charge is -1.98. The van der Waals surface area contributed by atoms with E-state index in [0.29, 0.717) is 5.94 Å². The van der Waals surface area contributed by atoms with Gasteiger partial charge in [0.05, 0.1) is 5.94 Å². The van der Waals surface area contributed by atoms with E-state index in [4.69, 9.17) is 9.47 Å². The summed E-state index contributed by atoms with van der Waals surface area (Å²) in [6, 6.07) is 0. The van der Waals surface area contributed by atoms with Gasteiger partial charge in [0.15, 0.2) is 0 Å². The fraction of sp³-hybridized carbons (Fsp3) is 1.00. The Balaban J connectivity index is 2.60. The smallest absolute Gasteiger partial charge is 0.0892 e. The molecule has 0 unspecified atom stereocenters. The summed E-state index contributed by atoms with van der Waals surface area (Å²) < 4.78 is 9.84. The highest BCUT2D eigenvalue weighted by Crippen LogP contribution is 1.90. The first kappa shape index (κ1) is 9.27. The van der Waals surface area contributed by atoms with Gasteiger partial charge in [0, 0.05) is 20.3 Å². The van der Waals surface area contributed by atoms with E-state index >= 15 is 0 Å². The van der Waals surface area contributed by atoms with Crippen LogP contribution in [0.15, 0.2) is 0 Å². The van der Waals surface area contributed by atoms with E-state index in [0.717, 1.165) is 26.1 Å². The molecule has 0 atom stereocenters. The Labute approximate surface area is 61.9 Å². The first-order chi connectivity index (χ1) is 4.41. The van der Waals surface area contributed by atoms with Crippen molar-refractivity contribution >= 4 is 12.6 Å². The third-order valence-corrected chi connectivity index (χ3v) is 1.16. The molecule has 0 N–H and O–H groups in total. The predicted octanol–water partition coefficient (Wildman–Crippen LogP) is 1.32. The largest absolute Gasteiger partial charge is 0.385 e. The second-order valence-corrected chi connectivity index (χ2v) is 2.00. The Bertz CT molecular complexity index is 44.3. The standard InChI is InChI=1S/C6H14O2S/c1-7-4-2-3-5-8-6-9/h9H,2-6H2,1H3. The van der Waals surface area contributed by atoms with Crippen molar-refractivity contribution < 1.29 is 9.47 Å². The van der Waals surface area contributed by atoms with Gasteiger partial charge < -0.3 is 9.47 Å². The number of thiol groups is 1. The van der Waals surface area contributed by atoms with Gasteiger partial charge in [-0.05, 0) is 12.8 Å². The lowest BCUT2D eigenvalue weighted by Crippen LogP contribution is -1.95. The van der Waals surface area contributed by atoms with Crippen molar-refractivity contribution in [3.8, 4) is 0 Å². The van der Waals surface area contributed by atoms with Crippen LogP contribution in [0.5, 0.6) is 0 Å². The van der Waals surface area contributed by atoms with Crippen LogP contribution < -0.4 is 0 Å². The van der Waals surface area contributed by atoms with Crippen LogP contribution >= 0.6 is 12.6 Å². The third-order valence-electron chi connectivity index (χ3n) is 0.978. The van der Waals surface area contributed by atoms with Gasteiger partial charge in [-0.15, -0.1) is 0 Å². The monoisotopic (exact) mass is 150 g/mol. The fourth-order valence-electron chi connectivity index (χ4n) is 0.515. The zero-order valence-corrected chi connectivity index (χ0v) is 6.69. The molecule has 0 amide bonds. The van der Waals surface area contributed by atoms with E-state index in [1.807, 2.05) is 0 Å². The highest BCUT2D eigenvalue weighted by Gasteiger charge is 1.85. The lowest BCUT2D eigenvalue weighted by molar-refractivity contribution is 0.152. The van der Waals surface area contributed by atoms with Crippen molar-refractivity contribution in [2.45, 2.75) is 12.8 Å². The van der Waals surface area contributed by atoms with E-state index in [2.05, 4.69) is 12.6 Å². The maximum absolute atomic E-state index is 4.99. The molecule has 0 heterocycles. The average Bonchev–Trinajstić information content (AvgIpc) is 1.89. The summed E-state index contributed by atoms with van der Waals surface area (Å²) in [5, 5.41) is 0. The number of methoxy groups -OCH3 is 1. The van der Waals surface area contributed by atoms with E-state index in [9.17, 15) is 0 Å². The van der Waals surface area contributed by atoms with Crippen LogP contribution in [0.2, 0.25) is 0 Å². The topological polar surface area (TPSA) is 18.5 Å². The van der Waals surface area contributed by atoms with Crippen LogP contribution in [0.4, 0.5) is 0 Å². The molecular weight excluding hydrogens is 136 g/mol. The molecule has 0 radical (unpaired) electrons. The molecule has 0 aromatic heterocycles. The summed E-state index contributed by atoms with van der Waals surface area (Å²) in [7, 11) is 1.71. The predicted molar refractivity (Wildman–Crippen MR) is 40.9 cm³/mol. The van der Waals surface area contributed by atoms with Gasteiger partial charge in [0.1, 0.15) is 0 Å². The minimum Gasteiger partial charge on any atom is -0.385 e. The summed E-state index contributed by atoms with van der Waals surface area (Å²) in [5.41, 5.74) is 0. The Morgan fingerprint density at radius 3 is 2.44 bits per heavy atom. The molecule has 0 saturated carbocycles. The quantitative estimate of drug-likeness (QED) is 0.350. The van der Waals surface area contributed by atoms with Crippen LogP contribution in [-0.2, 0) is 9.47 Å². The minimum atomic E-state index is 0.521. The number of rotatable bonds is 6. The average molecular weight is 150 g/mol. The summed E-state index contributed by atoms with van der Waals surface area (Å²) in [6.07, 6.45) is 2.14. The van der Waals surface area contributed by atoms with Crippen LogP contribution in [0, 0.1) is 0 Å². The van der Waals surface area contributed by atoms with Crippen molar-refractivity contribution in [1.82, 2.24) is 0 Å². The zero-order chi connectivity index (χ0) is 6.95. The van der Waals surface area contributed by atoms with E-state index in [1.54, 1.807) is 7.11 Å². The Kier molecular flexibility index (Phi) is 8.52. The second-order valence-electron chi connectivity index (χ2n) is 1.74. The Morgan fingerprint density at radius 2 is 1.89 bits per heavy atom. The number of ether oxygens (including phenoxy) is 2. The maximum atomic E-state index is 4.99. The van der Waals surface area contributed by atoms with Gasteiger partial charge in [0.2, 0.25) is 0 Å². The number of hydrogen-bond acceptors (Lipinski definition) is 3. The highest BCUT2D eigenvalue weighted by molar-refractivity contribution is 7.80. The molecule has 0 aromatic carbocycles. The summed E-state index contributed by atoms with van der Waals surface area (Å²) in [5.74, 6) is 0.521. The molecule has 0 aliphatic carbocycles. The molecule has 0 aliphatic heterocycles. The fourth-order valence-corrected chi connectivity index (χ4v) is 0.644. The SMILES string of the molecule is COCCCCOCS. The maximum Gasteiger partial charge on any atom is 0.0892 e. The van der Waals surface area contributed by atoms with Crippen molar-refractivity contribution in [3.63, 3.8) is 0 Å². The normalized spacial score (nSPS) is 10.0. The first-order valence-corrected chi connectivity index (χ1v) is 3.72. The Hall–Kier alpha value is 0.270. The van der Waals surface area contributed by atoms with Crippen molar-refractivity contribution in [1.29, 1.82) is 0 Å². The molecule has 0 fully saturated rings. The van der Waals surface area contributed by atoms with Crippen LogP contribution in [0.1, 0.15) is 12.8 Å². The molecule has 0 aromatic rings.